The van der Waals surface area contributed by atoms with E-state index in [1.165, 1.54) is 25.5 Å². The number of alkyl halides is 3. The lowest BCUT2D eigenvalue weighted by Gasteiger charge is -2.38. The number of pyridine rings is 1. The topological polar surface area (TPSA) is 54.4 Å². The van der Waals surface area contributed by atoms with E-state index in [9.17, 15) is 18.3 Å². The van der Waals surface area contributed by atoms with Gasteiger partial charge in [-0.15, -0.1) is 0 Å². The van der Waals surface area contributed by atoms with Crippen LogP contribution >= 0.6 is 11.8 Å². The van der Waals surface area contributed by atoms with Crippen molar-refractivity contribution in [2.24, 2.45) is 0 Å². The molecule has 0 radical (unpaired) electrons. The third-order valence-corrected chi connectivity index (χ3v) is 5.68. The Hall–Kier alpha value is -2.45. The van der Waals surface area contributed by atoms with Crippen LogP contribution in [0, 0.1) is 6.92 Å². The second-order valence-corrected chi connectivity index (χ2v) is 7.90. The van der Waals surface area contributed by atoms with Gasteiger partial charge in [0.1, 0.15) is 5.75 Å². The van der Waals surface area contributed by atoms with Crippen molar-refractivity contribution in [1.29, 1.82) is 0 Å². The molecule has 2 aromatic carbocycles. The zero-order valence-electron chi connectivity index (χ0n) is 16.8. The van der Waals surface area contributed by atoms with Crippen LogP contribution in [0.4, 0.5) is 18.9 Å². The van der Waals surface area contributed by atoms with Gasteiger partial charge in [0.25, 0.3) is 0 Å². The molecule has 4 nitrogen and oxygen atoms in total. The van der Waals surface area contributed by atoms with Gasteiger partial charge in [0.05, 0.1) is 18.7 Å². The predicted octanol–water partition coefficient (Wildman–Crippen LogP) is 5.36. The van der Waals surface area contributed by atoms with Gasteiger partial charge < -0.3 is 15.2 Å². The number of nitrogens with one attached hydrogen (secondary N) is 1. The number of halogens is 3. The lowest BCUT2D eigenvalue weighted by molar-refractivity contribution is -0.256. The summed E-state index contributed by atoms with van der Waals surface area (Å²) in [5.41, 5.74) is -0.776. The number of hydrogen-bond donors (Lipinski definition) is 2. The first-order valence-corrected chi connectivity index (χ1v) is 10.6. The van der Waals surface area contributed by atoms with Crippen molar-refractivity contribution in [1.82, 2.24) is 4.98 Å². The van der Waals surface area contributed by atoms with Gasteiger partial charge in [0.2, 0.25) is 0 Å². The number of ether oxygens (including phenoxy) is 1. The van der Waals surface area contributed by atoms with Gasteiger partial charge in [-0.2, -0.15) is 24.9 Å². The Bertz CT molecular complexity index is 1010. The van der Waals surface area contributed by atoms with Crippen molar-refractivity contribution >= 4 is 28.4 Å². The second kappa shape index (κ2) is 8.73. The number of methoxy groups -OCH3 is 1. The van der Waals surface area contributed by atoms with Crippen molar-refractivity contribution < 1.29 is 23.0 Å². The molecule has 0 saturated carbocycles. The number of nitrogens with zero attached hydrogens (tertiary/aromatic N) is 1. The van der Waals surface area contributed by atoms with E-state index in [0.717, 1.165) is 17.5 Å². The van der Waals surface area contributed by atoms with Crippen molar-refractivity contribution in [2.75, 3.05) is 24.4 Å². The molecule has 2 N–H and O–H groups in total. The van der Waals surface area contributed by atoms with Crippen molar-refractivity contribution in [2.45, 2.75) is 24.7 Å². The largest absolute Gasteiger partial charge is 0.497 e. The minimum Gasteiger partial charge on any atom is -0.497 e. The average Bonchev–Trinajstić information content (AvgIpc) is 2.71. The van der Waals surface area contributed by atoms with E-state index >= 15 is 0 Å². The number of fused-ring (bicyclic) bond motifs is 1. The number of anilines is 1. The van der Waals surface area contributed by atoms with Crippen LogP contribution in [0.3, 0.4) is 0 Å². The van der Waals surface area contributed by atoms with Crippen LogP contribution in [0.15, 0.2) is 54.6 Å². The van der Waals surface area contributed by atoms with E-state index in [2.05, 4.69) is 10.3 Å². The second-order valence-electron chi connectivity index (χ2n) is 7.03. The molecule has 0 bridgehead atoms. The fourth-order valence-electron chi connectivity index (χ4n) is 3.36. The Morgan fingerprint density at radius 1 is 1.10 bits per heavy atom. The van der Waals surface area contributed by atoms with Crippen LogP contribution in [-0.2, 0) is 0 Å². The molecule has 160 valence electrons. The number of rotatable bonds is 7. The minimum absolute atomic E-state index is 0.293. The molecule has 0 fully saturated rings. The van der Waals surface area contributed by atoms with Gasteiger partial charge >= 0.3 is 6.18 Å². The molecular formula is C22H23F3N2O2S. The van der Waals surface area contributed by atoms with Gasteiger partial charge in [0, 0.05) is 22.5 Å². The van der Waals surface area contributed by atoms with E-state index in [1.54, 1.807) is 36.4 Å². The molecule has 3 rings (SSSR count). The number of aryl methyl sites for hydroxylation is 1. The standard InChI is InChI=1S/C22H23F3N2O2S/c1-14-7-12-17-18(26-14)5-4-6-19(17)27-20(15-8-10-16(29-2)11-9-15)21(28,13-30-3)22(23,24)25/h4-12,20,27-28H,13H2,1-3H3. The van der Waals surface area contributed by atoms with Crippen LogP contribution in [0.1, 0.15) is 17.3 Å². The quantitative estimate of drug-likeness (QED) is 0.522. The first-order chi connectivity index (χ1) is 14.2. The summed E-state index contributed by atoms with van der Waals surface area (Å²) in [6.07, 6.45) is -3.32. The Morgan fingerprint density at radius 2 is 1.80 bits per heavy atom. The highest BCUT2D eigenvalue weighted by atomic mass is 32.2. The van der Waals surface area contributed by atoms with Crippen molar-refractivity contribution in [3.63, 3.8) is 0 Å². The molecule has 30 heavy (non-hydrogen) atoms. The van der Waals surface area contributed by atoms with E-state index < -0.39 is 23.6 Å². The van der Waals surface area contributed by atoms with Crippen LogP contribution in [0.5, 0.6) is 5.75 Å². The molecular weight excluding hydrogens is 413 g/mol. The molecule has 0 aliphatic rings. The van der Waals surface area contributed by atoms with Gasteiger partial charge in [0.15, 0.2) is 5.60 Å². The maximum atomic E-state index is 14.1. The summed E-state index contributed by atoms with van der Waals surface area (Å²) < 4.78 is 47.4. The van der Waals surface area contributed by atoms with Gasteiger partial charge in [-0.1, -0.05) is 18.2 Å². The highest BCUT2D eigenvalue weighted by Gasteiger charge is 2.58. The highest BCUT2D eigenvalue weighted by molar-refractivity contribution is 7.98. The van der Waals surface area contributed by atoms with Gasteiger partial charge in [-0.3, -0.25) is 4.98 Å². The molecule has 1 aromatic heterocycles. The van der Waals surface area contributed by atoms with E-state index in [0.29, 0.717) is 27.9 Å². The molecule has 8 heteroatoms. The van der Waals surface area contributed by atoms with Crippen LogP contribution < -0.4 is 10.1 Å². The summed E-state index contributed by atoms with van der Waals surface area (Å²) in [5.74, 6) is -0.00904. The smallest absolute Gasteiger partial charge is 0.420 e. The third kappa shape index (κ3) is 4.34. The summed E-state index contributed by atoms with van der Waals surface area (Å²) >= 11 is 0.935. The highest BCUT2D eigenvalue weighted by Crippen LogP contribution is 2.44. The van der Waals surface area contributed by atoms with E-state index in [1.807, 2.05) is 13.0 Å². The van der Waals surface area contributed by atoms with Gasteiger partial charge in [-0.25, -0.2) is 0 Å². The molecule has 0 amide bonds. The summed E-state index contributed by atoms with van der Waals surface area (Å²) in [6.45, 7) is 1.85. The average molecular weight is 436 g/mol. The molecule has 0 saturated heterocycles. The maximum absolute atomic E-state index is 14.1. The van der Waals surface area contributed by atoms with Crippen LogP contribution in [-0.4, -0.2) is 41.0 Å². The van der Waals surface area contributed by atoms with Crippen molar-refractivity contribution in [3.05, 3.63) is 65.9 Å². The number of hydrogen-bond acceptors (Lipinski definition) is 5. The fraction of sp³-hybridized carbons (Fsp3) is 0.318. The van der Waals surface area contributed by atoms with Crippen molar-refractivity contribution in [3.8, 4) is 5.75 Å². The summed E-state index contributed by atoms with van der Waals surface area (Å²) in [4.78, 5) is 4.44. The molecule has 0 spiro atoms. The summed E-state index contributed by atoms with van der Waals surface area (Å²) in [6, 6.07) is 13.6. The van der Waals surface area contributed by atoms with E-state index in [4.69, 9.17) is 4.74 Å². The lowest BCUT2D eigenvalue weighted by Crippen LogP contribution is -2.54. The Morgan fingerprint density at radius 3 is 2.40 bits per heavy atom. The van der Waals surface area contributed by atoms with Crippen LogP contribution in [0.25, 0.3) is 10.9 Å². The van der Waals surface area contributed by atoms with E-state index in [-0.39, 0.29) is 0 Å². The monoisotopic (exact) mass is 436 g/mol. The van der Waals surface area contributed by atoms with Gasteiger partial charge in [-0.05, 0) is 55.1 Å². The first kappa shape index (κ1) is 22.2. The predicted molar refractivity (Wildman–Crippen MR) is 115 cm³/mol. The number of benzene rings is 2. The number of aliphatic hydroxyl groups is 1. The SMILES string of the molecule is COc1ccc(C(Nc2cccc3nc(C)ccc23)C(O)(CSC)C(F)(F)F)cc1. The molecule has 0 aliphatic heterocycles. The molecule has 2 atom stereocenters. The Labute approximate surface area is 177 Å². The fourth-order valence-corrected chi connectivity index (χ4v) is 4.13. The summed E-state index contributed by atoms with van der Waals surface area (Å²) in [7, 11) is 1.48. The van der Waals surface area contributed by atoms with Crippen LogP contribution in [0.2, 0.25) is 0 Å². The molecule has 3 aromatic rings. The molecule has 2 unspecified atom stereocenters. The Balaban J connectivity index is 2.14. The maximum Gasteiger partial charge on any atom is 0.420 e. The first-order valence-electron chi connectivity index (χ1n) is 9.24. The molecule has 0 aliphatic carbocycles. The zero-order chi connectivity index (χ0) is 21.9. The lowest BCUT2D eigenvalue weighted by atomic mass is 9.88. The summed E-state index contributed by atoms with van der Waals surface area (Å²) in [5, 5.41) is 14.5. The number of thioether (sulfide) groups is 1. The Kier molecular flexibility index (Phi) is 6.47. The normalized spacial score (nSPS) is 14.9. The third-order valence-electron chi connectivity index (χ3n) is 4.95. The zero-order valence-corrected chi connectivity index (χ0v) is 17.6. The minimum atomic E-state index is -4.85. The number of aromatic nitrogens is 1. The molecule has 1 heterocycles.